The van der Waals surface area contributed by atoms with Crippen molar-refractivity contribution in [2.24, 2.45) is 22.4 Å². The second kappa shape index (κ2) is 9.04. The van der Waals surface area contributed by atoms with Gasteiger partial charge in [0.25, 0.3) is 0 Å². The van der Waals surface area contributed by atoms with Crippen LogP contribution in [0.3, 0.4) is 0 Å². The summed E-state index contributed by atoms with van der Waals surface area (Å²) in [5.41, 5.74) is 10.5. The standard InChI is InChI=1S/C11H24N4.HI/c1-10-4-8-15(9-5-10)7-3-2-6-14-11(12)13;/h10H,2-9H2,1H3,(H4,12,13,14);1H. The molecule has 0 unspecified atom stereocenters. The van der Waals surface area contributed by atoms with Crippen molar-refractivity contribution < 1.29 is 0 Å². The van der Waals surface area contributed by atoms with Gasteiger partial charge in [-0.15, -0.1) is 24.0 Å². The largest absolute Gasteiger partial charge is 0.370 e. The maximum atomic E-state index is 5.25. The van der Waals surface area contributed by atoms with Gasteiger partial charge in [0.05, 0.1) is 0 Å². The molecule has 0 aliphatic carbocycles. The lowest BCUT2D eigenvalue weighted by atomic mass is 9.99. The molecule has 0 spiro atoms. The van der Waals surface area contributed by atoms with Crippen LogP contribution in [0.2, 0.25) is 0 Å². The lowest BCUT2D eigenvalue weighted by Crippen LogP contribution is -2.33. The average molecular weight is 340 g/mol. The Balaban J connectivity index is 0.00000225. The molecule has 0 aromatic carbocycles. The molecule has 1 saturated heterocycles. The number of hydrogen-bond acceptors (Lipinski definition) is 2. The first kappa shape index (κ1) is 16.0. The number of nitrogens with zero attached hydrogens (tertiary/aromatic N) is 2. The van der Waals surface area contributed by atoms with E-state index in [2.05, 4.69) is 16.8 Å². The van der Waals surface area contributed by atoms with Crippen molar-refractivity contribution in [1.29, 1.82) is 0 Å². The number of unbranched alkanes of at least 4 members (excludes halogenated alkanes) is 1. The van der Waals surface area contributed by atoms with Crippen molar-refractivity contribution in [3.8, 4) is 0 Å². The van der Waals surface area contributed by atoms with Gasteiger partial charge >= 0.3 is 0 Å². The van der Waals surface area contributed by atoms with Crippen molar-refractivity contribution in [3.05, 3.63) is 0 Å². The van der Waals surface area contributed by atoms with Crippen molar-refractivity contribution in [3.63, 3.8) is 0 Å². The van der Waals surface area contributed by atoms with Crippen LogP contribution in [-0.4, -0.2) is 37.0 Å². The molecule has 1 aliphatic heterocycles. The van der Waals surface area contributed by atoms with Gasteiger partial charge in [-0.1, -0.05) is 6.92 Å². The zero-order valence-electron chi connectivity index (χ0n) is 10.2. The van der Waals surface area contributed by atoms with E-state index in [1.54, 1.807) is 0 Å². The molecule has 5 heteroatoms. The smallest absolute Gasteiger partial charge is 0.185 e. The van der Waals surface area contributed by atoms with Gasteiger partial charge in [-0.25, -0.2) is 0 Å². The summed E-state index contributed by atoms with van der Waals surface area (Å²) in [6, 6.07) is 0. The number of nitrogens with two attached hydrogens (primary N) is 2. The van der Waals surface area contributed by atoms with Gasteiger partial charge in [-0.05, 0) is 51.2 Å². The number of hydrogen-bond donors (Lipinski definition) is 2. The van der Waals surface area contributed by atoms with Crippen LogP contribution in [0.25, 0.3) is 0 Å². The number of aliphatic imine (C=N–C) groups is 1. The lowest BCUT2D eigenvalue weighted by molar-refractivity contribution is 0.190. The van der Waals surface area contributed by atoms with E-state index in [9.17, 15) is 0 Å². The molecule has 1 aliphatic rings. The van der Waals surface area contributed by atoms with Gasteiger partial charge in [0.15, 0.2) is 5.96 Å². The van der Waals surface area contributed by atoms with Gasteiger partial charge in [0, 0.05) is 6.54 Å². The summed E-state index contributed by atoms with van der Waals surface area (Å²) >= 11 is 0. The summed E-state index contributed by atoms with van der Waals surface area (Å²) in [6.07, 6.45) is 5.00. The van der Waals surface area contributed by atoms with Crippen LogP contribution < -0.4 is 11.5 Å². The predicted molar refractivity (Wildman–Crippen MR) is 80.2 cm³/mol. The monoisotopic (exact) mass is 340 g/mol. The van der Waals surface area contributed by atoms with E-state index < -0.39 is 0 Å². The fraction of sp³-hybridized carbons (Fsp3) is 0.909. The van der Waals surface area contributed by atoms with Crippen LogP contribution in [0, 0.1) is 5.92 Å². The lowest BCUT2D eigenvalue weighted by Gasteiger charge is -2.29. The first-order valence-corrected chi connectivity index (χ1v) is 5.96. The second-order valence-corrected chi connectivity index (χ2v) is 4.54. The Hall–Kier alpha value is -0.0400. The fourth-order valence-corrected chi connectivity index (χ4v) is 1.94. The minimum atomic E-state index is 0. The minimum Gasteiger partial charge on any atom is -0.370 e. The van der Waals surface area contributed by atoms with E-state index in [0.29, 0.717) is 0 Å². The van der Waals surface area contributed by atoms with Crippen LogP contribution in [-0.2, 0) is 0 Å². The first-order valence-electron chi connectivity index (χ1n) is 5.96. The van der Waals surface area contributed by atoms with E-state index in [1.165, 1.54) is 38.9 Å². The van der Waals surface area contributed by atoms with Gasteiger partial charge in [-0.3, -0.25) is 4.99 Å². The van der Waals surface area contributed by atoms with E-state index in [1.807, 2.05) is 0 Å². The Bertz CT molecular complexity index is 196. The van der Waals surface area contributed by atoms with Crippen LogP contribution in [0.5, 0.6) is 0 Å². The summed E-state index contributed by atoms with van der Waals surface area (Å²) in [7, 11) is 0. The number of guanidine groups is 1. The van der Waals surface area contributed by atoms with Gasteiger partial charge in [0.1, 0.15) is 0 Å². The molecular formula is C11H25IN4. The van der Waals surface area contributed by atoms with Crippen molar-refractivity contribution in [2.45, 2.75) is 32.6 Å². The summed E-state index contributed by atoms with van der Waals surface area (Å²) in [6.45, 7) is 6.85. The molecule has 0 bridgehead atoms. The van der Waals surface area contributed by atoms with Gasteiger partial charge in [-0.2, -0.15) is 0 Å². The summed E-state index contributed by atoms with van der Waals surface area (Å²) < 4.78 is 0. The average Bonchev–Trinajstić information content (AvgIpc) is 2.20. The molecule has 1 rings (SSSR count). The number of piperidine rings is 1. The third-order valence-electron chi connectivity index (χ3n) is 3.05. The van der Waals surface area contributed by atoms with Crippen LogP contribution >= 0.6 is 24.0 Å². The van der Waals surface area contributed by atoms with Crippen LogP contribution in [0.4, 0.5) is 0 Å². The Kier molecular flexibility index (Phi) is 9.02. The molecule has 4 N–H and O–H groups in total. The number of likely N-dealkylation sites (tertiary alicyclic amines) is 1. The Morgan fingerprint density at radius 3 is 2.44 bits per heavy atom. The topological polar surface area (TPSA) is 67.6 Å². The molecule has 4 nitrogen and oxygen atoms in total. The fourth-order valence-electron chi connectivity index (χ4n) is 1.94. The van der Waals surface area contributed by atoms with Crippen LogP contribution in [0.1, 0.15) is 32.6 Å². The Labute approximate surface area is 116 Å². The molecule has 1 fully saturated rings. The third kappa shape index (κ3) is 7.27. The van der Waals surface area contributed by atoms with E-state index >= 15 is 0 Å². The Morgan fingerprint density at radius 1 is 1.25 bits per heavy atom. The summed E-state index contributed by atoms with van der Waals surface area (Å²) in [4.78, 5) is 6.52. The molecule has 0 amide bonds. The van der Waals surface area contributed by atoms with Crippen molar-refractivity contribution >= 4 is 29.9 Å². The molecule has 16 heavy (non-hydrogen) atoms. The number of halogens is 1. The first-order chi connectivity index (χ1) is 7.18. The molecule has 0 radical (unpaired) electrons. The molecule has 96 valence electrons. The van der Waals surface area contributed by atoms with Gasteiger partial charge in [0.2, 0.25) is 0 Å². The normalized spacial score (nSPS) is 17.8. The highest BCUT2D eigenvalue weighted by Gasteiger charge is 2.14. The Morgan fingerprint density at radius 2 is 1.88 bits per heavy atom. The van der Waals surface area contributed by atoms with E-state index in [0.717, 1.165) is 18.9 Å². The molecule has 1 heterocycles. The molecule has 0 saturated carbocycles. The maximum Gasteiger partial charge on any atom is 0.185 e. The highest BCUT2D eigenvalue weighted by Crippen LogP contribution is 2.15. The summed E-state index contributed by atoms with van der Waals surface area (Å²) in [5.74, 6) is 1.13. The van der Waals surface area contributed by atoms with E-state index in [4.69, 9.17) is 11.5 Å². The van der Waals surface area contributed by atoms with Crippen LogP contribution in [0.15, 0.2) is 4.99 Å². The van der Waals surface area contributed by atoms with Gasteiger partial charge < -0.3 is 16.4 Å². The zero-order chi connectivity index (χ0) is 11.1. The minimum absolute atomic E-state index is 0. The summed E-state index contributed by atoms with van der Waals surface area (Å²) in [5, 5.41) is 0. The zero-order valence-corrected chi connectivity index (χ0v) is 12.5. The molecular weight excluding hydrogens is 315 g/mol. The maximum absolute atomic E-state index is 5.25. The second-order valence-electron chi connectivity index (χ2n) is 4.54. The third-order valence-corrected chi connectivity index (χ3v) is 3.05. The van der Waals surface area contributed by atoms with Crippen molar-refractivity contribution in [1.82, 2.24) is 4.90 Å². The number of rotatable bonds is 5. The highest BCUT2D eigenvalue weighted by molar-refractivity contribution is 14.0. The predicted octanol–water partition coefficient (Wildman–Crippen LogP) is 1.39. The quantitative estimate of drug-likeness (QED) is 0.344. The van der Waals surface area contributed by atoms with Crippen molar-refractivity contribution in [2.75, 3.05) is 26.2 Å². The molecule has 0 aromatic rings. The molecule has 0 atom stereocenters. The van der Waals surface area contributed by atoms with E-state index in [-0.39, 0.29) is 29.9 Å². The highest BCUT2D eigenvalue weighted by atomic mass is 127. The SMILES string of the molecule is CC1CCN(CCCCN=C(N)N)CC1.I. The molecule has 0 aromatic heterocycles.